The molecule has 2 aromatic carbocycles. The van der Waals surface area contributed by atoms with Gasteiger partial charge in [0, 0.05) is 6.54 Å². The fraction of sp³-hybridized carbons (Fsp3) is 0.200. The lowest BCUT2D eigenvalue weighted by Gasteiger charge is -2.10. The summed E-state index contributed by atoms with van der Waals surface area (Å²) in [4.78, 5) is 10.8. The largest absolute Gasteiger partial charge is 0.450 e. The molecule has 0 heterocycles. The van der Waals surface area contributed by atoms with E-state index in [0.29, 0.717) is 18.0 Å². The molecule has 104 valence electrons. The van der Waals surface area contributed by atoms with Crippen LogP contribution in [0.2, 0.25) is 0 Å². The molecule has 1 N–H and O–H groups in total. The first kappa shape index (κ1) is 13.9. The second-order valence-corrected chi connectivity index (χ2v) is 4.35. The van der Waals surface area contributed by atoms with Gasteiger partial charge in [-0.05, 0) is 38.1 Å². The van der Waals surface area contributed by atoms with E-state index in [0.717, 1.165) is 5.56 Å². The van der Waals surface area contributed by atoms with Crippen LogP contribution in [0.3, 0.4) is 0 Å². The first-order chi connectivity index (χ1) is 9.61. The van der Waals surface area contributed by atoms with Gasteiger partial charge in [0.25, 0.3) is 0 Å². The summed E-state index contributed by atoms with van der Waals surface area (Å²) in [5.41, 5.74) is 1.52. The molecule has 0 radical (unpaired) electrons. The van der Waals surface area contributed by atoms with E-state index in [9.17, 15) is 10.1 Å². The molecule has 0 saturated heterocycles. The fourth-order valence-electron chi connectivity index (χ4n) is 1.86. The van der Waals surface area contributed by atoms with Crippen molar-refractivity contribution in [2.24, 2.45) is 0 Å². The molecule has 2 rings (SSSR count). The molecule has 5 heteroatoms. The normalized spacial score (nSPS) is 10.1. The van der Waals surface area contributed by atoms with Gasteiger partial charge < -0.3 is 10.1 Å². The van der Waals surface area contributed by atoms with Crippen molar-refractivity contribution in [3.8, 4) is 11.5 Å². The first-order valence-corrected chi connectivity index (χ1v) is 6.37. The number of hydrogen-bond acceptors (Lipinski definition) is 4. The van der Waals surface area contributed by atoms with Gasteiger partial charge in [-0.2, -0.15) is 0 Å². The Hall–Kier alpha value is -2.56. The maximum Gasteiger partial charge on any atom is 0.334 e. The minimum atomic E-state index is -0.429. The average molecular weight is 272 g/mol. The molecule has 20 heavy (non-hydrogen) atoms. The van der Waals surface area contributed by atoms with E-state index in [-0.39, 0.29) is 11.4 Å². The SMILES string of the molecule is CCNc1cccc(Oc2ccc(C)cc2)c1[N+](=O)[O-]. The van der Waals surface area contributed by atoms with Gasteiger partial charge in [0.2, 0.25) is 5.75 Å². The zero-order chi connectivity index (χ0) is 14.5. The Morgan fingerprint density at radius 2 is 1.90 bits per heavy atom. The van der Waals surface area contributed by atoms with Gasteiger partial charge >= 0.3 is 5.69 Å². The number of benzene rings is 2. The standard InChI is InChI=1S/C15H16N2O3/c1-3-16-13-5-4-6-14(15(13)17(18)19)20-12-9-7-11(2)8-10-12/h4-10,16H,3H2,1-2H3. The molecule has 0 saturated carbocycles. The van der Waals surface area contributed by atoms with E-state index < -0.39 is 4.92 Å². The van der Waals surface area contributed by atoms with Gasteiger partial charge in [-0.3, -0.25) is 10.1 Å². The lowest BCUT2D eigenvalue weighted by molar-refractivity contribution is -0.384. The smallest absolute Gasteiger partial charge is 0.334 e. The molecule has 0 aromatic heterocycles. The summed E-state index contributed by atoms with van der Waals surface area (Å²) in [6.07, 6.45) is 0. The molecule has 0 unspecified atom stereocenters. The summed E-state index contributed by atoms with van der Waals surface area (Å²) in [7, 11) is 0. The maximum atomic E-state index is 11.2. The second-order valence-electron chi connectivity index (χ2n) is 4.35. The van der Waals surface area contributed by atoms with Crippen molar-refractivity contribution in [2.75, 3.05) is 11.9 Å². The van der Waals surface area contributed by atoms with E-state index in [4.69, 9.17) is 4.74 Å². The van der Waals surface area contributed by atoms with Crippen molar-refractivity contribution >= 4 is 11.4 Å². The monoisotopic (exact) mass is 272 g/mol. The molecule has 0 aliphatic heterocycles. The highest BCUT2D eigenvalue weighted by Crippen LogP contribution is 2.37. The summed E-state index contributed by atoms with van der Waals surface area (Å²) in [5.74, 6) is 0.810. The Morgan fingerprint density at radius 1 is 1.20 bits per heavy atom. The van der Waals surface area contributed by atoms with Crippen LogP contribution in [0, 0.1) is 17.0 Å². The van der Waals surface area contributed by atoms with Gasteiger partial charge in [-0.1, -0.05) is 23.8 Å². The number of nitro groups is 1. The van der Waals surface area contributed by atoms with Crippen molar-refractivity contribution in [3.05, 3.63) is 58.1 Å². The van der Waals surface area contributed by atoms with Crippen LogP contribution in [0.15, 0.2) is 42.5 Å². The van der Waals surface area contributed by atoms with Crippen molar-refractivity contribution < 1.29 is 9.66 Å². The first-order valence-electron chi connectivity index (χ1n) is 6.37. The highest BCUT2D eigenvalue weighted by Gasteiger charge is 2.21. The number of anilines is 1. The summed E-state index contributed by atoms with van der Waals surface area (Å²) in [6, 6.07) is 12.4. The molecule has 2 aromatic rings. The van der Waals surface area contributed by atoms with E-state index >= 15 is 0 Å². The summed E-state index contributed by atoms with van der Waals surface area (Å²) in [6.45, 7) is 4.46. The lowest BCUT2D eigenvalue weighted by atomic mass is 10.2. The Labute approximate surface area is 117 Å². The number of nitro benzene ring substituents is 1. The van der Waals surface area contributed by atoms with Gasteiger partial charge in [0.15, 0.2) is 0 Å². The molecule has 5 nitrogen and oxygen atoms in total. The minimum Gasteiger partial charge on any atom is -0.450 e. The van der Waals surface area contributed by atoms with E-state index in [1.165, 1.54) is 0 Å². The Balaban J connectivity index is 2.37. The van der Waals surface area contributed by atoms with Crippen molar-refractivity contribution in [1.82, 2.24) is 0 Å². The molecule has 0 atom stereocenters. The maximum absolute atomic E-state index is 11.2. The minimum absolute atomic E-state index is 0.0464. The average Bonchev–Trinajstić information content (AvgIpc) is 2.41. The van der Waals surface area contributed by atoms with Crippen LogP contribution in [0.5, 0.6) is 11.5 Å². The highest BCUT2D eigenvalue weighted by atomic mass is 16.6. The number of hydrogen-bond donors (Lipinski definition) is 1. The van der Waals surface area contributed by atoms with Gasteiger partial charge in [-0.25, -0.2) is 0 Å². The third-order valence-corrected chi connectivity index (χ3v) is 2.80. The van der Waals surface area contributed by atoms with E-state index in [1.807, 2.05) is 26.0 Å². The molecule has 0 fully saturated rings. The summed E-state index contributed by atoms with van der Waals surface area (Å²) in [5, 5.41) is 14.2. The van der Waals surface area contributed by atoms with Crippen LogP contribution in [-0.4, -0.2) is 11.5 Å². The van der Waals surface area contributed by atoms with Crippen LogP contribution in [0.25, 0.3) is 0 Å². The van der Waals surface area contributed by atoms with Crippen molar-refractivity contribution in [1.29, 1.82) is 0 Å². The number of nitrogens with one attached hydrogen (secondary N) is 1. The molecule has 0 amide bonds. The highest BCUT2D eigenvalue weighted by molar-refractivity contribution is 5.68. The van der Waals surface area contributed by atoms with Gasteiger partial charge in [0.1, 0.15) is 11.4 Å². The Kier molecular flexibility index (Phi) is 4.20. The molecular weight excluding hydrogens is 256 g/mol. The van der Waals surface area contributed by atoms with Crippen molar-refractivity contribution in [3.63, 3.8) is 0 Å². The second kappa shape index (κ2) is 6.06. The van der Waals surface area contributed by atoms with Crippen LogP contribution < -0.4 is 10.1 Å². The van der Waals surface area contributed by atoms with Gasteiger partial charge in [0.05, 0.1) is 4.92 Å². The topological polar surface area (TPSA) is 64.4 Å². The number of aryl methyl sites for hydroxylation is 1. The quantitative estimate of drug-likeness (QED) is 0.656. The zero-order valence-electron chi connectivity index (χ0n) is 11.4. The molecular formula is C15H16N2O3. The number of para-hydroxylation sites is 1. The van der Waals surface area contributed by atoms with Crippen molar-refractivity contribution in [2.45, 2.75) is 13.8 Å². The number of rotatable bonds is 5. The lowest BCUT2D eigenvalue weighted by Crippen LogP contribution is -2.02. The van der Waals surface area contributed by atoms with Gasteiger partial charge in [-0.15, -0.1) is 0 Å². The molecule has 0 spiro atoms. The third kappa shape index (κ3) is 3.06. The summed E-state index contributed by atoms with van der Waals surface area (Å²) >= 11 is 0. The molecule has 0 bridgehead atoms. The summed E-state index contributed by atoms with van der Waals surface area (Å²) < 4.78 is 5.63. The number of ether oxygens (including phenoxy) is 1. The van der Waals surface area contributed by atoms with E-state index in [1.54, 1.807) is 30.3 Å². The molecule has 0 aliphatic carbocycles. The van der Waals surface area contributed by atoms with E-state index in [2.05, 4.69) is 5.32 Å². The predicted octanol–water partition coefficient (Wildman–Crippen LogP) is 4.13. The Morgan fingerprint density at radius 3 is 2.50 bits per heavy atom. The van der Waals surface area contributed by atoms with Crippen LogP contribution in [0.4, 0.5) is 11.4 Å². The van der Waals surface area contributed by atoms with Crippen LogP contribution in [0.1, 0.15) is 12.5 Å². The number of nitrogens with zero attached hydrogens (tertiary/aromatic N) is 1. The van der Waals surface area contributed by atoms with Crippen LogP contribution in [-0.2, 0) is 0 Å². The zero-order valence-corrected chi connectivity index (χ0v) is 11.4. The Bertz CT molecular complexity index is 609. The van der Waals surface area contributed by atoms with Crippen LogP contribution >= 0.6 is 0 Å². The third-order valence-electron chi connectivity index (χ3n) is 2.80. The predicted molar refractivity (Wildman–Crippen MR) is 78.5 cm³/mol. The fourth-order valence-corrected chi connectivity index (χ4v) is 1.86. The molecule has 0 aliphatic rings.